The largest absolute Gasteiger partial charge is 0.497 e. The number of benzene rings is 1. The highest BCUT2D eigenvalue weighted by molar-refractivity contribution is 5.73. The van der Waals surface area contributed by atoms with Crippen LogP contribution in [-0.2, 0) is 6.54 Å². The van der Waals surface area contributed by atoms with E-state index in [4.69, 9.17) is 9.47 Å². The number of aliphatic hydroxyl groups excluding tert-OH is 1. The van der Waals surface area contributed by atoms with E-state index in [1.165, 1.54) is 7.11 Å². The van der Waals surface area contributed by atoms with Gasteiger partial charge in [-0.05, 0) is 23.8 Å². The van der Waals surface area contributed by atoms with Crippen molar-refractivity contribution in [1.29, 1.82) is 0 Å². The van der Waals surface area contributed by atoms with Crippen LogP contribution >= 0.6 is 0 Å². The third-order valence-corrected chi connectivity index (χ3v) is 3.44. The summed E-state index contributed by atoms with van der Waals surface area (Å²) >= 11 is 0. The van der Waals surface area contributed by atoms with Crippen LogP contribution < -0.4 is 20.1 Å². The van der Waals surface area contributed by atoms with Gasteiger partial charge in [-0.2, -0.15) is 0 Å². The van der Waals surface area contributed by atoms with Crippen LogP contribution in [0.3, 0.4) is 0 Å². The number of hydrogen-bond donors (Lipinski definition) is 3. The molecule has 0 spiro atoms. The van der Waals surface area contributed by atoms with Gasteiger partial charge in [0.1, 0.15) is 5.75 Å². The fraction of sp³-hybridized carbons (Fsp3) is 0.294. The number of ether oxygens (including phenoxy) is 2. The van der Waals surface area contributed by atoms with Gasteiger partial charge in [0.05, 0.1) is 20.3 Å². The molecule has 0 saturated carbocycles. The van der Waals surface area contributed by atoms with E-state index >= 15 is 0 Å². The Hall–Kier alpha value is -2.80. The number of rotatable bonds is 7. The summed E-state index contributed by atoms with van der Waals surface area (Å²) in [6.07, 6.45) is 0.822. The SMILES string of the molecule is COc1ccc([C@@H](O)CNC(=O)NCc2cccnc2OC)cc1. The molecule has 7 nitrogen and oxygen atoms in total. The Morgan fingerprint density at radius 2 is 1.92 bits per heavy atom. The second-order valence-corrected chi connectivity index (χ2v) is 5.02. The highest BCUT2D eigenvalue weighted by atomic mass is 16.5. The highest BCUT2D eigenvalue weighted by Gasteiger charge is 2.10. The lowest BCUT2D eigenvalue weighted by Crippen LogP contribution is -2.37. The zero-order valence-electron chi connectivity index (χ0n) is 13.7. The smallest absolute Gasteiger partial charge is 0.315 e. The van der Waals surface area contributed by atoms with Gasteiger partial charge in [-0.15, -0.1) is 0 Å². The first-order chi connectivity index (χ1) is 11.6. The number of pyridine rings is 1. The molecule has 1 heterocycles. The topological polar surface area (TPSA) is 92.7 Å². The molecule has 2 aromatic rings. The van der Waals surface area contributed by atoms with Crippen molar-refractivity contribution in [1.82, 2.24) is 15.6 Å². The first-order valence-corrected chi connectivity index (χ1v) is 7.45. The second kappa shape index (κ2) is 8.73. The first-order valence-electron chi connectivity index (χ1n) is 7.45. The molecular weight excluding hydrogens is 310 g/mol. The van der Waals surface area contributed by atoms with Crippen LogP contribution in [0.2, 0.25) is 0 Å². The summed E-state index contributed by atoms with van der Waals surface area (Å²) in [7, 11) is 3.10. The number of nitrogens with one attached hydrogen (secondary N) is 2. The van der Waals surface area contributed by atoms with Crippen molar-refractivity contribution in [3.8, 4) is 11.6 Å². The van der Waals surface area contributed by atoms with Gasteiger partial charge in [-0.3, -0.25) is 0 Å². The molecule has 2 amide bonds. The number of aromatic nitrogens is 1. The zero-order chi connectivity index (χ0) is 17.4. The lowest BCUT2D eigenvalue weighted by atomic mass is 10.1. The molecule has 1 aromatic carbocycles. The highest BCUT2D eigenvalue weighted by Crippen LogP contribution is 2.17. The Labute approximate surface area is 140 Å². The summed E-state index contributed by atoms with van der Waals surface area (Å²) in [4.78, 5) is 15.9. The Kier molecular flexibility index (Phi) is 6.39. The van der Waals surface area contributed by atoms with E-state index in [0.717, 1.165) is 5.56 Å². The van der Waals surface area contributed by atoms with Gasteiger partial charge in [0.25, 0.3) is 0 Å². The van der Waals surface area contributed by atoms with Crippen LogP contribution in [-0.4, -0.2) is 36.9 Å². The van der Waals surface area contributed by atoms with E-state index in [-0.39, 0.29) is 19.1 Å². The summed E-state index contributed by atoms with van der Waals surface area (Å²) in [6, 6.07) is 10.2. The van der Waals surface area contributed by atoms with E-state index in [1.807, 2.05) is 6.07 Å². The van der Waals surface area contributed by atoms with E-state index < -0.39 is 6.10 Å². The van der Waals surface area contributed by atoms with Gasteiger partial charge >= 0.3 is 6.03 Å². The molecule has 0 radical (unpaired) electrons. The summed E-state index contributed by atoms with van der Waals surface area (Å²) in [6.45, 7) is 0.379. The van der Waals surface area contributed by atoms with Crippen molar-refractivity contribution in [3.05, 3.63) is 53.7 Å². The molecule has 2 rings (SSSR count). The molecule has 0 aliphatic heterocycles. The predicted octanol–water partition coefficient (Wildman–Crippen LogP) is 1.63. The van der Waals surface area contributed by atoms with Crippen molar-refractivity contribution in [2.45, 2.75) is 12.6 Å². The average molecular weight is 331 g/mol. The summed E-state index contributed by atoms with van der Waals surface area (Å²) in [5.41, 5.74) is 1.47. The first kappa shape index (κ1) is 17.6. The van der Waals surface area contributed by atoms with E-state index in [9.17, 15) is 9.90 Å². The lowest BCUT2D eigenvalue weighted by molar-refractivity contribution is 0.173. The number of carbonyl (C=O) groups is 1. The minimum Gasteiger partial charge on any atom is -0.497 e. The van der Waals surface area contributed by atoms with E-state index in [2.05, 4.69) is 15.6 Å². The van der Waals surface area contributed by atoms with Gasteiger partial charge in [0, 0.05) is 24.8 Å². The monoisotopic (exact) mass is 331 g/mol. The van der Waals surface area contributed by atoms with Crippen LogP contribution in [0.15, 0.2) is 42.6 Å². The molecule has 0 bridgehead atoms. The van der Waals surface area contributed by atoms with Crippen LogP contribution in [0, 0.1) is 0 Å². The van der Waals surface area contributed by atoms with Crippen LogP contribution in [0.1, 0.15) is 17.2 Å². The molecule has 0 aliphatic carbocycles. The Morgan fingerprint density at radius 1 is 1.17 bits per heavy atom. The van der Waals surface area contributed by atoms with Gasteiger partial charge in [-0.1, -0.05) is 18.2 Å². The Bertz CT molecular complexity index is 661. The van der Waals surface area contributed by atoms with Crippen LogP contribution in [0.5, 0.6) is 11.6 Å². The molecule has 0 aliphatic rings. The molecule has 128 valence electrons. The predicted molar refractivity (Wildman–Crippen MR) is 89.0 cm³/mol. The van der Waals surface area contributed by atoms with Crippen LogP contribution in [0.25, 0.3) is 0 Å². The van der Waals surface area contributed by atoms with E-state index in [1.54, 1.807) is 43.6 Å². The van der Waals surface area contributed by atoms with E-state index in [0.29, 0.717) is 17.2 Å². The lowest BCUT2D eigenvalue weighted by Gasteiger charge is -2.14. The molecule has 1 atom stereocenters. The second-order valence-electron chi connectivity index (χ2n) is 5.02. The molecule has 0 saturated heterocycles. The van der Waals surface area contributed by atoms with Crippen molar-refractivity contribution in [2.24, 2.45) is 0 Å². The number of aliphatic hydroxyl groups is 1. The fourth-order valence-corrected chi connectivity index (χ4v) is 2.11. The number of methoxy groups -OCH3 is 2. The normalized spacial score (nSPS) is 11.5. The quantitative estimate of drug-likeness (QED) is 0.717. The molecule has 3 N–H and O–H groups in total. The minimum atomic E-state index is -0.797. The van der Waals surface area contributed by atoms with Crippen molar-refractivity contribution in [3.63, 3.8) is 0 Å². The van der Waals surface area contributed by atoms with Gasteiger partial charge < -0.3 is 25.2 Å². The fourth-order valence-electron chi connectivity index (χ4n) is 2.11. The van der Waals surface area contributed by atoms with Gasteiger partial charge in [0.15, 0.2) is 0 Å². The Morgan fingerprint density at radius 3 is 2.58 bits per heavy atom. The summed E-state index contributed by atoms with van der Waals surface area (Å²) in [5.74, 6) is 1.18. The molecular formula is C17H21N3O4. The maximum absolute atomic E-state index is 11.8. The van der Waals surface area contributed by atoms with Crippen LogP contribution in [0.4, 0.5) is 4.79 Å². The number of amides is 2. The number of nitrogens with zero attached hydrogens (tertiary/aromatic N) is 1. The molecule has 24 heavy (non-hydrogen) atoms. The molecule has 1 aromatic heterocycles. The van der Waals surface area contributed by atoms with Gasteiger partial charge in [-0.25, -0.2) is 9.78 Å². The summed E-state index contributed by atoms with van der Waals surface area (Å²) < 4.78 is 10.2. The average Bonchev–Trinajstić information content (AvgIpc) is 2.64. The van der Waals surface area contributed by atoms with Gasteiger partial charge in [0.2, 0.25) is 5.88 Å². The zero-order valence-corrected chi connectivity index (χ0v) is 13.7. The standard InChI is InChI=1S/C17H21N3O4/c1-23-14-7-5-12(6-8-14)15(21)11-20-17(22)19-10-13-4-3-9-18-16(13)24-2/h3-9,15,21H,10-11H2,1-2H3,(H2,19,20,22)/t15-/m0/s1. The number of carbonyl (C=O) groups excluding carboxylic acids is 1. The van der Waals surface area contributed by atoms with Crippen molar-refractivity contribution < 1.29 is 19.4 Å². The number of urea groups is 1. The third-order valence-electron chi connectivity index (χ3n) is 3.44. The van der Waals surface area contributed by atoms with Crippen molar-refractivity contribution in [2.75, 3.05) is 20.8 Å². The maximum atomic E-state index is 11.8. The molecule has 7 heteroatoms. The molecule has 0 unspecified atom stereocenters. The third kappa shape index (κ3) is 4.85. The van der Waals surface area contributed by atoms with Crippen molar-refractivity contribution >= 4 is 6.03 Å². The number of hydrogen-bond acceptors (Lipinski definition) is 5. The molecule has 0 fully saturated rings. The summed E-state index contributed by atoms with van der Waals surface area (Å²) in [5, 5.41) is 15.4. The minimum absolute atomic E-state index is 0.0995. The Balaban J connectivity index is 1.79. The maximum Gasteiger partial charge on any atom is 0.315 e.